The fourth-order valence-electron chi connectivity index (χ4n) is 3.26. The zero-order valence-electron chi connectivity index (χ0n) is 17.5. The van der Waals surface area contributed by atoms with Crippen LogP contribution in [0.25, 0.3) is 0 Å². The summed E-state index contributed by atoms with van der Waals surface area (Å²) in [5.41, 5.74) is 2.36. The Balaban J connectivity index is 2.07. The first-order chi connectivity index (χ1) is 11.5. The normalized spacial score (nSPS) is 19.8. The summed E-state index contributed by atoms with van der Waals surface area (Å²) < 4.78 is 12.7. The van der Waals surface area contributed by atoms with Crippen LogP contribution < -0.4 is 9.16 Å². The molecule has 1 heterocycles. The number of aryl methyl sites for hydroxylation is 2. The van der Waals surface area contributed by atoms with Crippen LogP contribution in [-0.2, 0) is 0 Å². The monoisotopic (exact) mass is 363 g/mol. The summed E-state index contributed by atoms with van der Waals surface area (Å²) in [6.45, 7) is 18.9. The highest BCUT2D eigenvalue weighted by molar-refractivity contribution is 6.74. The zero-order valence-corrected chi connectivity index (χ0v) is 18.5. The van der Waals surface area contributed by atoms with Gasteiger partial charge in [-0.15, -0.1) is 0 Å². The summed E-state index contributed by atoms with van der Waals surface area (Å²) in [5, 5.41) is 0.205. The molecule has 1 aromatic rings. The third-order valence-electron chi connectivity index (χ3n) is 5.80. The molecule has 142 valence electrons. The molecule has 25 heavy (non-hydrogen) atoms. The van der Waals surface area contributed by atoms with Gasteiger partial charge in [-0.3, -0.25) is 0 Å². The van der Waals surface area contributed by atoms with Crippen molar-refractivity contribution in [3.63, 3.8) is 0 Å². The quantitative estimate of drug-likeness (QED) is 0.653. The fraction of sp³-hybridized carbons (Fsp3) is 0.714. The molecular formula is C21H37NO2Si. The number of likely N-dealkylation sites (tertiary alicyclic amines) is 1. The number of benzene rings is 1. The second-order valence-corrected chi connectivity index (χ2v) is 14.1. The Morgan fingerprint density at radius 2 is 1.76 bits per heavy atom. The molecule has 0 amide bonds. The van der Waals surface area contributed by atoms with Crippen molar-refractivity contribution in [2.24, 2.45) is 5.92 Å². The maximum Gasteiger partial charge on any atom is 0.250 e. The number of nitrogens with zero attached hydrogens (tertiary/aromatic N) is 1. The van der Waals surface area contributed by atoms with Gasteiger partial charge in [-0.05, 0) is 81.7 Å². The van der Waals surface area contributed by atoms with Gasteiger partial charge in [0.2, 0.25) is 8.32 Å². The van der Waals surface area contributed by atoms with Crippen LogP contribution in [0.15, 0.2) is 12.1 Å². The van der Waals surface area contributed by atoms with Crippen molar-refractivity contribution in [3.05, 3.63) is 23.3 Å². The molecule has 4 heteroatoms. The maximum atomic E-state index is 6.47. The molecule has 1 saturated heterocycles. The number of hydrogen-bond acceptors (Lipinski definition) is 3. The van der Waals surface area contributed by atoms with Gasteiger partial charge in [-0.2, -0.15) is 0 Å². The van der Waals surface area contributed by atoms with E-state index < -0.39 is 8.32 Å². The van der Waals surface area contributed by atoms with Crippen LogP contribution in [0.3, 0.4) is 0 Å². The van der Waals surface area contributed by atoms with E-state index in [2.05, 4.69) is 71.8 Å². The van der Waals surface area contributed by atoms with Crippen molar-refractivity contribution in [2.75, 3.05) is 26.7 Å². The highest BCUT2D eigenvalue weighted by atomic mass is 28.4. The van der Waals surface area contributed by atoms with E-state index in [1.165, 1.54) is 30.5 Å². The van der Waals surface area contributed by atoms with Crippen molar-refractivity contribution >= 4 is 8.32 Å². The van der Waals surface area contributed by atoms with Gasteiger partial charge in [0.1, 0.15) is 11.5 Å². The summed E-state index contributed by atoms with van der Waals surface area (Å²) in [6, 6.07) is 4.30. The predicted octanol–water partition coefficient (Wildman–Crippen LogP) is 5.41. The Kier molecular flexibility index (Phi) is 6.26. The molecule has 0 N–H and O–H groups in total. The van der Waals surface area contributed by atoms with Crippen molar-refractivity contribution in [1.82, 2.24) is 4.90 Å². The molecule has 0 bridgehead atoms. The first-order valence-electron chi connectivity index (χ1n) is 9.61. The van der Waals surface area contributed by atoms with Gasteiger partial charge in [-0.1, -0.05) is 20.8 Å². The molecule has 1 atom stereocenters. The van der Waals surface area contributed by atoms with Gasteiger partial charge in [0, 0.05) is 12.5 Å². The van der Waals surface area contributed by atoms with E-state index in [-0.39, 0.29) is 5.04 Å². The largest absolute Gasteiger partial charge is 0.543 e. The molecule has 0 aliphatic carbocycles. The SMILES string of the molecule is Cc1cc(O[Si](C)(C)C(C)(C)C)cc(C)c1OCC1CCCN(C)C1. The maximum absolute atomic E-state index is 6.47. The van der Waals surface area contributed by atoms with E-state index in [9.17, 15) is 0 Å². The van der Waals surface area contributed by atoms with E-state index in [0.717, 1.165) is 24.7 Å². The highest BCUT2D eigenvalue weighted by Gasteiger charge is 2.39. The van der Waals surface area contributed by atoms with Gasteiger partial charge < -0.3 is 14.1 Å². The zero-order chi connectivity index (χ0) is 18.8. The summed E-state index contributed by atoms with van der Waals surface area (Å²) in [5.74, 6) is 2.67. The molecule has 3 nitrogen and oxygen atoms in total. The average molecular weight is 364 g/mol. The minimum atomic E-state index is -1.81. The van der Waals surface area contributed by atoms with E-state index >= 15 is 0 Å². The lowest BCUT2D eigenvalue weighted by Gasteiger charge is -2.36. The lowest BCUT2D eigenvalue weighted by atomic mass is 9.99. The lowest BCUT2D eigenvalue weighted by molar-refractivity contribution is 0.149. The van der Waals surface area contributed by atoms with E-state index in [1.54, 1.807) is 0 Å². The van der Waals surface area contributed by atoms with E-state index in [1.807, 2.05) is 0 Å². The number of ether oxygens (including phenoxy) is 1. The van der Waals surface area contributed by atoms with Crippen molar-refractivity contribution in [2.45, 2.75) is 65.6 Å². The molecule has 1 fully saturated rings. The minimum Gasteiger partial charge on any atom is -0.543 e. The third-order valence-corrected chi connectivity index (χ3v) is 10.2. The average Bonchev–Trinajstić information content (AvgIpc) is 2.44. The standard InChI is InChI=1S/C21H37NO2Si/c1-16-12-19(24-25(7,8)21(3,4)5)13-17(2)20(16)23-15-18-10-9-11-22(6)14-18/h12-13,18H,9-11,14-15H2,1-8H3. The molecular weight excluding hydrogens is 326 g/mol. The van der Waals surface area contributed by atoms with Crippen LogP contribution in [0.1, 0.15) is 44.7 Å². The number of piperidine rings is 1. The van der Waals surface area contributed by atoms with E-state index in [0.29, 0.717) is 5.92 Å². The lowest BCUT2D eigenvalue weighted by Crippen LogP contribution is -2.43. The smallest absolute Gasteiger partial charge is 0.250 e. The Morgan fingerprint density at radius 3 is 2.28 bits per heavy atom. The number of hydrogen-bond donors (Lipinski definition) is 0. The molecule has 0 spiro atoms. The third kappa shape index (κ3) is 5.24. The first kappa shape index (κ1) is 20.3. The predicted molar refractivity (Wildman–Crippen MR) is 109 cm³/mol. The van der Waals surface area contributed by atoms with Gasteiger partial charge in [0.05, 0.1) is 6.61 Å². The van der Waals surface area contributed by atoms with Crippen LogP contribution in [0.5, 0.6) is 11.5 Å². The van der Waals surface area contributed by atoms with Gasteiger partial charge >= 0.3 is 0 Å². The molecule has 1 unspecified atom stereocenters. The van der Waals surface area contributed by atoms with Crippen LogP contribution in [-0.4, -0.2) is 40.0 Å². The van der Waals surface area contributed by atoms with Gasteiger partial charge in [0.15, 0.2) is 0 Å². The van der Waals surface area contributed by atoms with Crippen LogP contribution in [0.2, 0.25) is 18.1 Å². The molecule has 0 aromatic heterocycles. The minimum absolute atomic E-state index is 0.205. The molecule has 0 radical (unpaired) electrons. The molecule has 1 aliphatic heterocycles. The second kappa shape index (κ2) is 7.71. The fourth-order valence-corrected chi connectivity index (χ4v) is 4.27. The van der Waals surface area contributed by atoms with Gasteiger partial charge in [0.25, 0.3) is 0 Å². The first-order valence-corrected chi connectivity index (χ1v) is 12.5. The molecule has 1 aliphatic rings. The topological polar surface area (TPSA) is 21.7 Å². The summed E-state index contributed by atoms with van der Waals surface area (Å²) >= 11 is 0. The highest BCUT2D eigenvalue weighted by Crippen LogP contribution is 2.39. The summed E-state index contributed by atoms with van der Waals surface area (Å²) in [6.07, 6.45) is 2.55. The van der Waals surface area contributed by atoms with Crippen molar-refractivity contribution < 1.29 is 9.16 Å². The summed E-state index contributed by atoms with van der Waals surface area (Å²) in [4.78, 5) is 2.41. The van der Waals surface area contributed by atoms with Crippen molar-refractivity contribution in [3.8, 4) is 11.5 Å². The van der Waals surface area contributed by atoms with E-state index in [4.69, 9.17) is 9.16 Å². The van der Waals surface area contributed by atoms with Crippen molar-refractivity contribution in [1.29, 1.82) is 0 Å². The Bertz CT molecular complexity index is 569. The molecule has 2 rings (SSSR count). The summed E-state index contributed by atoms with van der Waals surface area (Å²) in [7, 11) is 0.396. The molecule has 1 aromatic carbocycles. The Labute approximate surface area is 155 Å². The van der Waals surface area contributed by atoms with Crippen LogP contribution in [0.4, 0.5) is 0 Å². The number of rotatable bonds is 5. The Morgan fingerprint density at radius 1 is 1.16 bits per heavy atom. The van der Waals surface area contributed by atoms with Crippen LogP contribution >= 0.6 is 0 Å². The molecule has 0 saturated carbocycles. The second-order valence-electron chi connectivity index (χ2n) is 9.33. The van der Waals surface area contributed by atoms with Gasteiger partial charge in [-0.25, -0.2) is 0 Å². The Hall–Kier alpha value is -1.00. The van der Waals surface area contributed by atoms with Crippen LogP contribution in [0, 0.1) is 19.8 Å².